The van der Waals surface area contributed by atoms with E-state index in [2.05, 4.69) is 5.32 Å². The lowest BCUT2D eigenvalue weighted by Crippen LogP contribution is -2.43. The molecule has 1 aromatic heterocycles. The Morgan fingerprint density at radius 1 is 1.06 bits per heavy atom. The van der Waals surface area contributed by atoms with Crippen LogP contribution < -0.4 is 15.0 Å². The molecule has 2 amide bonds. The lowest BCUT2D eigenvalue weighted by molar-refractivity contribution is 0.244. The quantitative estimate of drug-likeness (QED) is 0.637. The van der Waals surface area contributed by atoms with Crippen LogP contribution in [-0.4, -0.2) is 29.2 Å². The van der Waals surface area contributed by atoms with Gasteiger partial charge in [0, 0.05) is 18.2 Å². The Balaban J connectivity index is 1.72. The molecule has 7 heteroatoms. The summed E-state index contributed by atoms with van der Waals surface area (Å²) >= 11 is 0. The number of urea groups is 1. The van der Waals surface area contributed by atoms with Gasteiger partial charge in [0.2, 0.25) is 0 Å². The van der Waals surface area contributed by atoms with Crippen LogP contribution >= 0.6 is 0 Å². The fourth-order valence-electron chi connectivity index (χ4n) is 4.49. The number of hydrogen-bond acceptors (Lipinski definition) is 3. The topological polar surface area (TPSA) is 59.4 Å². The summed E-state index contributed by atoms with van der Waals surface area (Å²) in [4.78, 5) is 19.7. The van der Waals surface area contributed by atoms with Gasteiger partial charge in [-0.15, -0.1) is 0 Å². The van der Waals surface area contributed by atoms with Crippen molar-refractivity contribution in [2.24, 2.45) is 0 Å². The van der Waals surface area contributed by atoms with E-state index in [0.717, 1.165) is 54.7 Å². The Kier molecular flexibility index (Phi) is 5.10. The summed E-state index contributed by atoms with van der Waals surface area (Å²) in [6.45, 7) is 0.935. The van der Waals surface area contributed by atoms with Crippen LogP contribution in [0.5, 0.6) is 5.75 Å². The molecule has 3 heterocycles. The second-order valence-corrected chi connectivity index (χ2v) is 7.99. The first-order chi connectivity index (χ1) is 15.2. The normalized spacial score (nSPS) is 16.1. The molecule has 5 rings (SSSR count). The molecule has 2 aromatic carbocycles. The molecule has 31 heavy (non-hydrogen) atoms. The van der Waals surface area contributed by atoms with Crippen molar-refractivity contribution in [2.75, 3.05) is 18.6 Å². The molecule has 4 bridgehead atoms. The van der Waals surface area contributed by atoms with E-state index in [9.17, 15) is 4.79 Å². The second kappa shape index (κ2) is 8.06. The number of para-hydroxylation sites is 1. The number of methoxy groups -OCH3 is 1. The molecule has 0 aliphatic carbocycles. The van der Waals surface area contributed by atoms with Crippen molar-refractivity contribution in [1.29, 1.82) is 0 Å². The summed E-state index contributed by atoms with van der Waals surface area (Å²) in [6, 6.07) is 12.5. The van der Waals surface area contributed by atoms with E-state index in [0.29, 0.717) is 23.7 Å². The summed E-state index contributed by atoms with van der Waals surface area (Å²) in [5.41, 5.74) is 4.14. The Bertz CT molecular complexity index is 1140. The van der Waals surface area contributed by atoms with E-state index in [1.165, 1.54) is 13.2 Å². The van der Waals surface area contributed by atoms with Gasteiger partial charge in [0.05, 0.1) is 29.7 Å². The second-order valence-electron chi connectivity index (χ2n) is 7.99. The number of carbonyl (C=O) groups is 1. The van der Waals surface area contributed by atoms with Gasteiger partial charge in [-0.2, -0.15) is 0 Å². The maximum absolute atomic E-state index is 15.0. The Hall–Kier alpha value is -3.35. The minimum absolute atomic E-state index is 0.145. The third-order valence-electron chi connectivity index (χ3n) is 6.05. The zero-order valence-electron chi connectivity index (χ0n) is 17.5. The van der Waals surface area contributed by atoms with Gasteiger partial charge in [0.25, 0.3) is 0 Å². The van der Waals surface area contributed by atoms with Gasteiger partial charge in [-0.25, -0.2) is 14.2 Å². The molecule has 2 aliphatic rings. The highest BCUT2D eigenvalue weighted by atomic mass is 19.1. The van der Waals surface area contributed by atoms with E-state index in [1.807, 2.05) is 28.8 Å². The lowest BCUT2D eigenvalue weighted by Gasteiger charge is -2.32. The van der Waals surface area contributed by atoms with Gasteiger partial charge >= 0.3 is 6.03 Å². The van der Waals surface area contributed by atoms with E-state index in [-0.39, 0.29) is 12.7 Å². The van der Waals surface area contributed by atoms with Gasteiger partial charge < -0.3 is 14.6 Å². The number of nitrogens with one attached hydrogen (secondary N) is 1. The lowest BCUT2D eigenvalue weighted by atomic mass is 10.0. The van der Waals surface area contributed by atoms with Crippen molar-refractivity contribution in [3.8, 4) is 28.4 Å². The fraction of sp³-hybridized carbons (Fsp3) is 0.333. The number of rotatable bonds is 2. The summed E-state index contributed by atoms with van der Waals surface area (Å²) < 4.78 is 22.1. The van der Waals surface area contributed by atoms with Crippen LogP contribution in [0.4, 0.5) is 14.9 Å². The van der Waals surface area contributed by atoms with E-state index in [1.54, 1.807) is 17.0 Å². The third-order valence-corrected chi connectivity index (χ3v) is 6.05. The highest BCUT2D eigenvalue weighted by Crippen LogP contribution is 2.41. The zero-order chi connectivity index (χ0) is 21.4. The van der Waals surface area contributed by atoms with Crippen molar-refractivity contribution >= 4 is 11.7 Å². The van der Waals surface area contributed by atoms with Crippen LogP contribution in [0.1, 0.15) is 31.4 Å². The summed E-state index contributed by atoms with van der Waals surface area (Å²) in [5, 5.41) is 3.04. The molecule has 0 atom stereocenters. The number of ether oxygens (including phenoxy) is 1. The van der Waals surface area contributed by atoms with Crippen molar-refractivity contribution in [3.63, 3.8) is 0 Å². The minimum Gasteiger partial charge on any atom is -0.497 e. The minimum atomic E-state index is -0.394. The van der Waals surface area contributed by atoms with Crippen LogP contribution in [-0.2, 0) is 13.1 Å². The van der Waals surface area contributed by atoms with E-state index in [4.69, 9.17) is 9.72 Å². The number of halogens is 1. The first-order valence-corrected chi connectivity index (χ1v) is 10.8. The summed E-state index contributed by atoms with van der Waals surface area (Å²) in [6.07, 6.45) is 4.92. The van der Waals surface area contributed by atoms with E-state index >= 15 is 4.39 Å². The van der Waals surface area contributed by atoms with Gasteiger partial charge in [0.1, 0.15) is 24.1 Å². The molecule has 6 nitrogen and oxygen atoms in total. The predicted molar refractivity (Wildman–Crippen MR) is 118 cm³/mol. The fourth-order valence-corrected chi connectivity index (χ4v) is 4.49. The summed E-state index contributed by atoms with van der Waals surface area (Å²) in [7, 11) is 1.52. The number of imidazole rings is 1. The number of nitrogens with zero attached hydrogens (tertiary/aromatic N) is 3. The number of anilines is 1. The number of hydrogen-bond donors (Lipinski definition) is 1. The third kappa shape index (κ3) is 3.44. The van der Waals surface area contributed by atoms with Crippen molar-refractivity contribution in [1.82, 2.24) is 14.9 Å². The molecule has 0 saturated carbocycles. The maximum atomic E-state index is 15.0. The van der Waals surface area contributed by atoms with E-state index < -0.39 is 5.82 Å². The molecule has 160 valence electrons. The number of benzene rings is 2. The van der Waals surface area contributed by atoms with Crippen molar-refractivity contribution in [3.05, 3.63) is 54.0 Å². The number of fused-ring (bicyclic) bond motifs is 3. The standard InChI is InChI=1S/C24H25FN4O2/c1-31-16-11-12-17(19(25)14-16)23-27-20-9-4-2-3-7-13-26-24(30)28-15-29(23)22(20)18-8-5-6-10-21(18)28/h5-6,8,10-12,14H,2-4,7,9,13,15H2,1H3,(H,26,30). The average Bonchev–Trinajstić information content (AvgIpc) is 3.16. The molecule has 2 aliphatic heterocycles. The first-order valence-electron chi connectivity index (χ1n) is 10.8. The summed E-state index contributed by atoms with van der Waals surface area (Å²) in [5.74, 6) is 0.601. The maximum Gasteiger partial charge on any atom is 0.323 e. The Labute approximate surface area is 180 Å². The molecule has 0 fully saturated rings. The van der Waals surface area contributed by atoms with Gasteiger partial charge in [0.15, 0.2) is 0 Å². The first kappa shape index (κ1) is 19.6. The van der Waals surface area contributed by atoms with Crippen LogP contribution in [0.2, 0.25) is 0 Å². The number of carbonyl (C=O) groups excluding carboxylic acids is 1. The molecule has 3 aromatic rings. The monoisotopic (exact) mass is 420 g/mol. The van der Waals surface area contributed by atoms with Crippen LogP contribution in [0, 0.1) is 5.82 Å². The van der Waals surface area contributed by atoms with Gasteiger partial charge in [-0.3, -0.25) is 4.90 Å². The number of aromatic nitrogens is 2. The largest absolute Gasteiger partial charge is 0.497 e. The Morgan fingerprint density at radius 2 is 1.90 bits per heavy atom. The van der Waals surface area contributed by atoms with Crippen molar-refractivity contribution < 1.29 is 13.9 Å². The predicted octanol–water partition coefficient (Wildman–Crippen LogP) is 4.97. The highest BCUT2D eigenvalue weighted by molar-refractivity contribution is 5.98. The SMILES string of the molecule is COc1ccc(-c2nc3c4n2CN(C(=O)NCCCCCC3)c2ccccc2-4)c(F)c1. The van der Waals surface area contributed by atoms with Crippen LogP contribution in [0.15, 0.2) is 42.5 Å². The van der Waals surface area contributed by atoms with Crippen LogP contribution in [0.25, 0.3) is 22.6 Å². The average molecular weight is 420 g/mol. The van der Waals surface area contributed by atoms with Gasteiger partial charge in [-0.05, 0) is 37.5 Å². The Morgan fingerprint density at radius 3 is 2.74 bits per heavy atom. The molecule has 0 saturated heterocycles. The number of amides is 2. The van der Waals surface area contributed by atoms with Crippen molar-refractivity contribution in [2.45, 2.75) is 38.8 Å². The van der Waals surface area contributed by atoms with Crippen LogP contribution in [0.3, 0.4) is 0 Å². The number of aryl methyl sites for hydroxylation is 1. The zero-order valence-corrected chi connectivity index (χ0v) is 17.5. The molecular formula is C24H25FN4O2. The smallest absolute Gasteiger partial charge is 0.323 e. The molecule has 0 radical (unpaired) electrons. The molecule has 0 unspecified atom stereocenters. The molecule has 1 N–H and O–H groups in total. The molecule has 0 spiro atoms. The highest BCUT2D eigenvalue weighted by Gasteiger charge is 2.32. The van der Waals surface area contributed by atoms with Gasteiger partial charge in [-0.1, -0.05) is 31.0 Å². The molecular weight excluding hydrogens is 395 g/mol.